The zero-order valence-corrected chi connectivity index (χ0v) is 61.1. The topological polar surface area (TPSA) is 764 Å². The quantitative estimate of drug-likeness (QED) is 0.0153. The molecule has 3 fully saturated rings. The van der Waals surface area contributed by atoms with Crippen LogP contribution in [0.15, 0.2) is 19.0 Å². The number of nitrogens with zero attached hydrogens (tertiary/aromatic N) is 6. The van der Waals surface area contributed by atoms with Gasteiger partial charge in [0, 0.05) is 0 Å². The molecule has 21 N–H and O–H groups in total. The maximum absolute atomic E-state index is 13.0. The van der Waals surface area contributed by atoms with Crippen molar-refractivity contribution in [1.82, 2.24) is 28.7 Å². The second-order valence-corrected chi connectivity index (χ2v) is 27.2. The number of aliphatic hydroxyl groups is 7. The summed E-state index contributed by atoms with van der Waals surface area (Å²) in [4.78, 5) is 120. The Morgan fingerprint density at radius 1 is 0.407 bits per heavy atom. The molecule has 0 aromatic carbocycles. The first-order valence-corrected chi connectivity index (χ1v) is 35.2. The van der Waals surface area contributed by atoms with Crippen LogP contribution in [0.5, 0.6) is 0 Å². The molecule has 1 unspecified atom stereocenters. The second kappa shape index (κ2) is 44.4. The van der Waals surface area contributed by atoms with Gasteiger partial charge in [-0.3, -0.25) is 37.1 Å². The normalized spacial score (nSPS) is 22.2. The lowest BCUT2D eigenvalue weighted by atomic mass is 10.1. The first-order chi connectivity index (χ1) is 49.7. The molecule has 0 spiro atoms. The third-order valence-electron chi connectivity index (χ3n) is 12.6. The van der Waals surface area contributed by atoms with Crippen molar-refractivity contribution in [3.63, 3.8) is 0 Å². The van der Waals surface area contributed by atoms with E-state index in [9.17, 15) is 87.6 Å². The fourth-order valence-corrected chi connectivity index (χ4v) is 9.90. The summed E-state index contributed by atoms with van der Waals surface area (Å²) in [5.74, 6) is -3.15. The lowest BCUT2D eigenvalue weighted by Gasteiger charge is -2.21. The SMILES string of the molecule is C.CC(C)OC(=O)OCOP(=O)(O)OCOC(=O)OC(C)C.CC(C)OC(=O)OCOP(=O)(O)OC[C@H]1O[C@@H](n2cnc(C(N)=O)c2N)[C@H](O)[C@@H]1O.CC(C)OC(=O)OCOP(=O)(OCOC(=O)OC(C)C)OC[C@H]1O[C@@H](n2cnc(C(N)=O)c2N)[C@H](O)[C@@H]1O.NC(=O)c1ncn([C@@H]2O[C@H](CO)[C@@H](O)[C@H]2O)c1N. The Hall–Kier alpha value is -8.28. The van der Waals surface area contributed by atoms with Gasteiger partial charge in [0.25, 0.3) is 17.7 Å². The van der Waals surface area contributed by atoms with Crippen LogP contribution in [0.2, 0.25) is 0 Å². The van der Waals surface area contributed by atoms with Gasteiger partial charge in [-0.05, 0) is 69.2 Å². The number of aromatic nitrogens is 6. The molecular formula is C53H91N12O40P3. The van der Waals surface area contributed by atoms with Gasteiger partial charge in [-0.1, -0.05) is 7.43 Å². The van der Waals surface area contributed by atoms with Crippen molar-refractivity contribution in [2.45, 2.75) is 181 Å². The fourth-order valence-electron chi connectivity index (χ4n) is 7.95. The van der Waals surface area contributed by atoms with Crippen LogP contribution in [0.25, 0.3) is 0 Å². The third kappa shape index (κ3) is 31.0. The minimum absolute atomic E-state index is 0. The van der Waals surface area contributed by atoms with Crippen LogP contribution in [0.3, 0.4) is 0 Å². The van der Waals surface area contributed by atoms with Gasteiger partial charge in [0.05, 0.1) is 69.3 Å². The number of aliphatic hydroxyl groups excluding tert-OH is 7. The molecule has 0 bridgehead atoms. The number of carbonyl (C=O) groups is 8. The van der Waals surface area contributed by atoms with Crippen molar-refractivity contribution in [1.29, 1.82) is 0 Å². The van der Waals surface area contributed by atoms with Crippen LogP contribution in [0.1, 0.15) is 127 Å². The number of nitrogen functional groups attached to an aromatic ring is 3. The Bertz CT molecular complexity index is 3480. The van der Waals surface area contributed by atoms with E-state index in [0.29, 0.717) is 0 Å². The Morgan fingerprint density at radius 2 is 0.639 bits per heavy atom. The number of phosphoric ester groups is 3. The zero-order chi connectivity index (χ0) is 81.2. The zero-order valence-electron chi connectivity index (χ0n) is 58.4. The average Bonchev–Trinajstić information content (AvgIpc) is 1.65. The van der Waals surface area contributed by atoms with Gasteiger partial charge in [0.1, 0.15) is 72.4 Å². The highest BCUT2D eigenvalue weighted by molar-refractivity contribution is 7.48. The summed E-state index contributed by atoms with van der Waals surface area (Å²) in [6.07, 6.45) is -20.5. The van der Waals surface area contributed by atoms with E-state index in [-0.39, 0.29) is 42.0 Å². The third-order valence-corrected chi connectivity index (χ3v) is 15.7. The summed E-state index contributed by atoms with van der Waals surface area (Å²) in [6.45, 7) is 9.34. The summed E-state index contributed by atoms with van der Waals surface area (Å²) in [5, 5.41) is 69.4. The van der Waals surface area contributed by atoms with Gasteiger partial charge < -0.3 is 142 Å². The van der Waals surface area contributed by atoms with Crippen molar-refractivity contribution < 1.29 is 191 Å². The largest absolute Gasteiger partial charge is 0.510 e. The molecule has 3 aromatic rings. The van der Waals surface area contributed by atoms with E-state index in [1.807, 2.05) is 0 Å². The number of rotatable bonds is 33. The maximum atomic E-state index is 13.0. The van der Waals surface area contributed by atoms with Gasteiger partial charge in [-0.15, -0.1) is 0 Å². The monoisotopic (exact) mass is 1630 g/mol. The van der Waals surface area contributed by atoms with E-state index in [4.69, 9.17) is 81.7 Å². The molecule has 3 amide bonds. The molecule has 0 aliphatic carbocycles. The molecule has 3 saturated heterocycles. The molecule has 0 radical (unpaired) electrons. The van der Waals surface area contributed by atoms with E-state index < -0.39 is 230 Å². The van der Waals surface area contributed by atoms with Crippen LogP contribution in [0.4, 0.5) is 41.4 Å². The van der Waals surface area contributed by atoms with Crippen molar-refractivity contribution >= 4 is 89.4 Å². The number of amides is 3. The summed E-state index contributed by atoms with van der Waals surface area (Å²) < 4.78 is 134. The van der Waals surface area contributed by atoms with Crippen molar-refractivity contribution in [3.8, 4) is 0 Å². The van der Waals surface area contributed by atoms with Gasteiger partial charge in [-0.2, -0.15) is 0 Å². The fraction of sp³-hybridized carbons (Fsp3) is 0.679. The molecule has 55 heteroatoms. The minimum Gasteiger partial charge on any atom is -0.432 e. The molecule has 3 aliphatic heterocycles. The highest BCUT2D eigenvalue weighted by atomic mass is 31.2. The van der Waals surface area contributed by atoms with Gasteiger partial charge in [0.15, 0.2) is 35.8 Å². The number of carbonyl (C=O) groups excluding carboxylic acids is 8. The smallest absolute Gasteiger partial charge is 0.432 e. The van der Waals surface area contributed by atoms with Crippen LogP contribution in [-0.4, -0.2) is 262 Å². The van der Waals surface area contributed by atoms with E-state index in [2.05, 4.69) is 70.9 Å². The molecule has 13 atom stereocenters. The van der Waals surface area contributed by atoms with E-state index >= 15 is 0 Å². The lowest BCUT2D eigenvalue weighted by molar-refractivity contribution is -0.0687. The predicted octanol–water partition coefficient (Wildman–Crippen LogP) is -0.814. The van der Waals surface area contributed by atoms with Crippen LogP contribution >= 0.6 is 23.5 Å². The summed E-state index contributed by atoms with van der Waals surface area (Å²) in [6, 6.07) is 0. The second-order valence-electron chi connectivity index (χ2n) is 22.6. The number of primary amides is 3. The van der Waals surface area contributed by atoms with E-state index in [1.54, 1.807) is 69.2 Å². The lowest BCUT2D eigenvalue weighted by Crippen LogP contribution is -2.34. The summed E-state index contributed by atoms with van der Waals surface area (Å²) >= 11 is 0. The average molecular weight is 1630 g/mol. The van der Waals surface area contributed by atoms with Gasteiger partial charge >= 0.3 is 54.2 Å². The Balaban J connectivity index is 0.000000507. The van der Waals surface area contributed by atoms with Crippen LogP contribution in [0, 0.1) is 0 Å². The Morgan fingerprint density at radius 3 is 0.870 bits per heavy atom. The number of hydrogen-bond donors (Lipinski definition) is 15. The molecule has 3 aromatic heterocycles. The first kappa shape index (κ1) is 95.8. The standard InChI is InChI=1S/C19H31N4O14P.C14H23N4O11P.C10H19O10P.C9H14N4O5.CH4/c1-9(2)35-18(27)30-7-33-38(29,34-8-31-19(28)36-10(3)4)32-5-11-13(24)14(25)17(37-11)23-6-22-12(15(23)20)16(21)26;1-6(2)28-14(22)25-5-27-30(23,24)26-3-7-9(19)10(20)13(29-7)18-4-17-8(11(18)15)12(16)21;1-7(2)19-9(11)15-5-17-21(13,14)18-6-16-10(12)20-8(3)4;10-7-4(8(11)17)12-2-13(7)9-6(16)5(15)3(1-14)18-9;/h6,9-11,13-14,17,24-25H,5,7-8,20H2,1-4H3,(H2,21,26);4,6-7,9-10,13,19-20H,3,5,15H2,1-2H3,(H2,16,21)(H,23,24);7-8H,5-6H2,1-4H3,(H,13,14);2-3,5-6,9,14-16H,1,10H2,(H2,11,17);1H4/t11-,13-,14-,17-;7-,9-,10-,13-;;3-,5-,6-,9-;/m11.1./s1. The number of phosphoric acid groups is 3. The molecule has 3 aliphatic rings. The molecule has 618 valence electrons. The summed E-state index contributed by atoms with van der Waals surface area (Å²) in [5.41, 5.74) is 31.8. The first-order valence-electron chi connectivity index (χ1n) is 30.7. The minimum atomic E-state index is -4.70. The number of anilines is 3. The van der Waals surface area contributed by atoms with E-state index in [0.717, 1.165) is 21.8 Å². The van der Waals surface area contributed by atoms with Crippen molar-refractivity contribution in [3.05, 3.63) is 36.1 Å². The number of imidazole rings is 3. The van der Waals surface area contributed by atoms with Gasteiger partial charge in [-0.25, -0.2) is 75.2 Å². The van der Waals surface area contributed by atoms with E-state index in [1.165, 1.54) is 10.9 Å². The predicted molar refractivity (Wildman–Crippen MR) is 349 cm³/mol. The number of hydrogen-bond acceptors (Lipinski definition) is 44. The van der Waals surface area contributed by atoms with Crippen molar-refractivity contribution in [2.75, 3.05) is 71.0 Å². The molecule has 6 rings (SSSR count). The highest BCUT2D eigenvalue weighted by Crippen LogP contribution is 2.51. The van der Waals surface area contributed by atoms with Crippen molar-refractivity contribution in [2.24, 2.45) is 17.2 Å². The highest BCUT2D eigenvalue weighted by Gasteiger charge is 2.48. The molecule has 52 nitrogen and oxygen atoms in total. The number of ether oxygens (including phenoxy) is 13. The number of nitrogens with two attached hydrogens (primary N) is 6. The molecular weight excluding hydrogens is 1540 g/mol. The molecule has 0 saturated carbocycles. The Kier molecular flexibility index (Phi) is 39.4. The molecule has 6 heterocycles. The maximum Gasteiger partial charge on any atom is 0.510 e. The van der Waals surface area contributed by atoms with Crippen LogP contribution in [-0.2, 0) is 107 Å². The Labute approximate surface area is 612 Å². The molecule has 108 heavy (non-hydrogen) atoms. The summed E-state index contributed by atoms with van der Waals surface area (Å²) in [7, 11) is -13.9. The van der Waals surface area contributed by atoms with Gasteiger partial charge in [0.2, 0.25) is 34.0 Å². The van der Waals surface area contributed by atoms with Crippen LogP contribution < -0.4 is 34.4 Å².